The van der Waals surface area contributed by atoms with Crippen LogP contribution in [-0.2, 0) is 6.42 Å². The molecule has 0 aromatic heterocycles. The lowest BCUT2D eigenvalue weighted by Gasteiger charge is -2.13. The van der Waals surface area contributed by atoms with Crippen LogP contribution in [0.2, 0.25) is 0 Å². The van der Waals surface area contributed by atoms with Crippen LogP contribution in [0.3, 0.4) is 0 Å². The van der Waals surface area contributed by atoms with Crippen molar-refractivity contribution in [2.24, 2.45) is 0 Å². The Morgan fingerprint density at radius 2 is 1.67 bits per heavy atom. The van der Waals surface area contributed by atoms with Crippen LogP contribution >= 0.6 is 0 Å². The average Bonchev–Trinajstić information content (AvgIpc) is 2.56. The van der Waals surface area contributed by atoms with Crippen LogP contribution in [0.15, 0.2) is 42.5 Å². The highest BCUT2D eigenvalue weighted by molar-refractivity contribution is 5.73. The first-order valence-electron chi connectivity index (χ1n) is 7.35. The van der Waals surface area contributed by atoms with Crippen LogP contribution in [0, 0.1) is 17.5 Å². The summed E-state index contributed by atoms with van der Waals surface area (Å²) in [6.45, 7) is 0.0463. The standard InChI is InChI=1S/C17H17F3N2O2/c18-13-3-1-11(2-4-13)16(23)10-22-17(24)21-8-7-12-9-14(19)5-6-15(12)20/h1-6,9,16,23H,7-8,10H2,(H2,21,22,24). The molecule has 2 aromatic carbocycles. The van der Waals surface area contributed by atoms with E-state index in [1.54, 1.807) is 0 Å². The SMILES string of the molecule is O=C(NCCc1cc(F)ccc1F)NCC(O)c1ccc(F)cc1. The Labute approximate surface area is 137 Å². The minimum atomic E-state index is -0.975. The van der Waals surface area contributed by atoms with Crippen molar-refractivity contribution in [3.63, 3.8) is 0 Å². The fourth-order valence-corrected chi connectivity index (χ4v) is 2.10. The topological polar surface area (TPSA) is 61.4 Å². The predicted octanol–water partition coefficient (Wildman–Crippen LogP) is 2.68. The Bertz CT molecular complexity index is 693. The minimum Gasteiger partial charge on any atom is -0.387 e. The Balaban J connectivity index is 1.73. The molecule has 0 aliphatic rings. The maximum absolute atomic E-state index is 13.4. The van der Waals surface area contributed by atoms with Gasteiger partial charge in [-0.15, -0.1) is 0 Å². The zero-order chi connectivity index (χ0) is 17.5. The van der Waals surface area contributed by atoms with Crippen molar-refractivity contribution in [3.8, 4) is 0 Å². The summed E-state index contributed by atoms with van der Waals surface area (Å²) in [4.78, 5) is 11.6. The van der Waals surface area contributed by atoms with Crippen LogP contribution in [-0.4, -0.2) is 24.2 Å². The number of carbonyl (C=O) groups excluding carboxylic acids is 1. The lowest BCUT2D eigenvalue weighted by Crippen LogP contribution is -2.38. The Morgan fingerprint density at radius 1 is 1.00 bits per heavy atom. The van der Waals surface area contributed by atoms with Crippen molar-refractivity contribution >= 4 is 6.03 Å². The van der Waals surface area contributed by atoms with Crippen LogP contribution < -0.4 is 10.6 Å². The van der Waals surface area contributed by atoms with E-state index >= 15 is 0 Å². The van der Waals surface area contributed by atoms with E-state index in [2.05, 4.69) is 10.6 Å². The smallest absolute Gasteiger partial charge is 0.314 e. The molecule has 3 N–H and O–H groups in total. The summed E-state index contributed by atoms with van der Waals surface area (Å²) in [7, 11) is 0. The first-order valence-corrected chi connectivity index (χ1v) is 7.35. The van der Waals surface area contributed by atoms with E-state index in [0.717, 1.165) is 18.2 Å². The Morgan fingerprint density at radius 3 is 2.38 bits per heavy atom. The van der Waals surface area contributed by atoms with E-state index in [1.165, 1.54) is 24.3 Å². The van der Waals surface area contributed by atoms with Crippen LogP contribution in [0.4, 0.5) is 18.0 Å². The van der Waals surface area contributed by atoms with Crippen molar-refractivity contribution < 1.29 is 23.1 Å². The summed E-state index contributed by atoms with van der Waals surface area (Å²) >= 11 is 0. The number of carbonyl (C=O) groups is 1. The zero-order valence-corrected chi connectivity index (χ0v) is 12.7. The van der Waals surface area contributed by atoms with E-state index in [-0.39, 0.29) is 25.1 Å². The van der Waals surface area contributed by atoms with E-state index in [4.69, 9.17) is 0 Å². The highest BCUT2D eigenvalue weighted by Gasteiger charge is 2.10. The molecule has 0 spiro atoms. The van der Waals surface area contributed by atoms with Crippen LogP contribution in [0.1, 0.15) is 17.2 Å². The Kier molecular flexibility index (Phi) is 6.20. The van der Waals surface area contributed by atoms with Gasteiger partial charge in [-0.25, -0.2) is 18.0 Å². The number of aliphatic hydroxyl groups is 1. The van der Waals surface area contributed by atoms with Crippen molar-refractivity contribution in [2.45, 2.75) is 12.5 Å². The summed E-state index contributed by atoms with van der Waals surface area (Å²) in [5, 5.41) is 14.8. The number of aliphatic hydroxyl groups excluding tert-OH is 1. The number of nitrogens with one attached hydrogen (secondary N) is 2. The summed E-state index contributed by atoms with van der Waals surface area (Å²) in [5.41, 5.74) is 0.639. The van der Waals surface area contributed by atoms with Crippen molar-refractivity contribution in [2.75, 3.05) is 13.1 Å². The highest BCUT2D eigenvalue weighted by Crippen LogP contribution is 2.12. The van der Waals surface area contributed by atoms with E-state index < -0.39 is 29.6 Å². The predicted molar refractivity (Wildman–Crippen MR) is 82.8 cm³/mol. The quantitative estimate of drug-likeness (QED) is 0.758. The van der Waals surface area contributed by atoms with E-state index in [9.17, 15) is 23.1 Å². The van der Waals surface area contributed by atoms with Gasteiger partial charge in [-0.05, 0) is 47.9 Å². The molecule has 4 nitrogen and oxygen atoms in total. The molecule has 7 heteroatoms. The summed E-state index contributed by atoms with van der Waals surface area (Å²) in [6.07, 6.45) is -0.839. The minimum absolute atomic E-state index is 0.0637. The van der Waals surface area contributed by atoms with Crippen molar-refractivity contribution in [3.05, 3.63) is 71.0 Å². The summed E-state index contributed by atoms with van der Waals surface area (Å²) in [5.74, 6) is -1.50. The van der Waals surface area contributed by atoms with Gasteiger partial charge in [-0.2, -0.15) is 0 Å². The van der Waals surface area contributed by atoms with Gasteiger partial charge in [-0.3, -0.25) is 0 Å². The monoisotopic (exact) mass is 338 g/mol. The fraction of sp³-hybridized carbons (Fsp3) is 0.235. The van der Waals surface area contributed by atoms with Crippen LogP contribution in [0.25, 0.3) is 0 Å². The van der Waals surface area contributed by atoms with Gasteiger partial charge >= 0.3 is 6.03 Å². The summed E-state index contributed by atoms with van der Waals surface area (Å²) < 4.78 is 39.2. The number of halogens is 3. The third-order valence-electron chi connectivity index (χ3n) is 3.40. The first-order chi connectivity index (χ1) is 11.5. The van der Waals surface area contributed by atoms with Crippen molar-refractivity contribution in [1.29, 1.82) is 0 Å². The van der Waals surface area contributed by atoms with Gasteiger partial charge in [0, 0.05) is 13.1 Å². The van der Waals surface area contributed by atoms with Gasteiger partial charge in [0.15, 0.2) is 0 Å². The molecular formula is C17H17F3N2O2. The number of urea groups is 1. The molecule has 0 aliphatic carbocycles. The molecule has 2 amide bonds. The van der Waals surface area contributed by atoms with Gasteiger partial charge in [-0.1, -0.05) is 12.1 Å². The molecule has 24 heavy (non-hydrogen) atoms. The molecule has 0 fully saturated rings. The molecule has 0 saturated carbocycles. The molecule has 0 heterocycles. The van der Waals surface area contributed by atoms with Crippen molar-refractivity contribution in [1.82, 2.24) is 10.6 Å². The van der Waals surface area contributed by atoms with Gasteiger partial charge < -0.3 is 15.7 Å². The zero-order valence-electron chi connectivity index (χ0n) is 12.7. The molecule has 2 aromatic rings. The molecule has 0 radical (unpaired) electrons. The fourth-order valence-electron chi connectivity index (χ4n) is 2.10. The number of rotatable bonds is 6. The maximum Gasteiger partial charge on any atom is 0.314 e. The lowest BCUT2D eigenvalue weighted by atomic mass is 10.1. The summed E-state index contributed by atoms with van der Waals surface area (Å²) in [6, 6.07) is 7.86. The van der Waals surface area contributed by atoms with Crippen LogP contribution in [0.5, 0.6) is 0 Å². The third-order valence-corrected chi connectivity index (χ3v) is 3.40. The van der Waals surface area contributed by atoms with Gasteiger partial charge in [0.25, 0.3) is 0 Å². The maximum atomic E-state index is 13.4. The molecular weight excluding hydrogens is 321 g/mol. The lowest BCUT2D eigenvalue weighted by molar-refractivity contribution is 0.173. The average molecular weight is 338 g/mol. The second-order valence-corrected chi connectivity index (χ2v) is 5.19. The molecule has 0 saturated heterocycles. The molecule has 1 unspecified atom stereocenters. The molecule has 2 rings (SSSR count). The van der Waals surface area contributed by atoms with E-state index in [0.29, 0.717) is 5.56 Å². The number of hydrogen-bond donors (Lipinski definition) is 3. The molecule has 128 valence electrons. The number of benzene rings is 2. The second-order valence-electron chi connectivity index (χ2n) is 5.19. The molecule has 0 aliphatic heterocycles. The van der Waals surface area contributed by atoms with Gasteiger partial charge in [0.05, 0.1) is 6.10 Å². The van der Waals surface area contributed by atoms with Gasteiger partial charge in [0.2, 0.25) is 0 Å². The first kappa shape index (κ1) is 17.8. The highest BCUT2D eigenvalue weighted by atomic mass is 19.1. The second kappa shape index (κ2) is 8.35. The molecule has 1 atom stereocenters. The largest absolute Gasteiger partial charge is 0.387 e. The third kappa shape index (κ3) is 5.27. The molecule has 0 bridgehead atoms. The Hall–Kier alpha value is -2.54. The number of hydrogen-bond acceptors (Lipinski definition) is 2. The van der Waals surface area contributed by atoms with E-state index in [1.807, 2.05) is 0 Å². The van der Waals surface area contributed by atoms with Gasteiger partial charge in [0.1, 0.15) is 17.5 Å². The number of amides is 2. The normalized spacial score (nSPS) is 11.8.